The third kappa shape index (κ3) is 4.98. The van der Waals surface area contributed by atoms with Gasteiger partial charge < -0.3 is 4.90 Å². The van der Waals surface area contributed by atoms with E-state index in [0.29, 0.717) is 10.6 Å². The zero-order valence-electron chi connectivity index (χ0n) is 16.2. The topological polar surface area (TPSA) is 74.8 Å². The summed E-state index contributed by atoms with van der Waals surface area (Å²) in [5, 5.41) is 0.603. The highest BCUT2D eigenvalue weighted by molar-refractivity contribution is 7.89. The molecule has 0 radical (unpaired) electrons. The van der Waals surface area contributed by atoms with Crippen molar-refractivity contribution >= 4 is 33.3 Å². The van der Waals surface area contributed by atoms with Gasteiger partial charge in [0.15, 0.2) is 5.78 Å². The quantitative estimate of drug-likeness (QED) is 0.641. The van der Waals surface area contributed by atoms with E-state index in [0.717, 1.165) is 9.87 Å². The molecule has 0 saturated heterocycles. The number of hydrogen-bond donors (Lipinski definition) is 0. The van der Waals surface area contributed by atoms with E-state index in [-0.39, 0.29) is 29.2 Å². The molecule has 2 rings (SSSR count). The van der Waals surface area contributed by atoms with Gasteiger partial charge in [-0.05, 0) is 43.7 Å². The van der Waals surface area contributed by atoms with Crippen LogP contribution in [0, 0.1) is 0 Å². The van der Waals surface area contributed by atoms with E-state index in [1.807, 2.05) is 19.1 Å². The van der Waals surface area contributed by atoms with Crippen LogP contribution in [0.4, 0.5) is 0 Å². The maximum atomic E-state index is 12.7. The Morgan fingerprint density at radius 2 is 1.54 bits per heavy atom. The summed E-state index contributed by atoms with van der Waals surface area (Å²) in [5.74, 6) is -0.487. The Hall–Kier alpha value is -2.22. The van der Waals surface area contributed by atoms with Gasteiger partial charge >= 0.3 is 0 Å². The van der Waals surface area contributed by atoms with E-state index in [9.17, 15) is 18.0 Å². The molecule has 6 nitrogen and oxygen atoms in total. The number of nitrogens with zero attached hydrogens (tertiary/aromatic N) is 2. The molecule has 1 atom stereocenters. The molecule has 0 aromatic heterocycles. The third-order valence-corrected chi connectivity index (χ3v) is 6.72. The standard InChI is InChI=1S/C20H23ClN2O4S/c1-14(16-5-9-18(21)10-6-16)23(4)20(25)13-22(3)28(26,27)19-11-7-17(8-12-19)15(2)24/h5-12,14H,13H2,1-4H3. The van der Waals surface area contributed by atoms with Crippen LogP contribution in [0.3, 0.4) is 0 Å². The maximum Gasteiger partial charge on any atom is 0.243 e. The number of Topliss-reactive ketones (excluding diaryl/α,β-unsaturated/α-hetero) is 1. The first kappa shape index (κ1) is 22.1. The van der Waals surface area contributed by atoms with Crippen LogP contribution in [-0.4, -0.2) is 50.0 Å². The average Bonchev–Trinajstić information content (AvgIpc) is 2.67. The minimum atomic E-state index is -3.85. The lowest BCUT2D eigenvalue weighted by Gasteiger charge is -2.27. The van der Waals surface area contributed by atoms with Crippen LogP contribution in [0.1, 0.15) is 35.8 Å². The number of carbonyl (C=O) groups is 2. The van der Waals surface area contributed by atoms with Crippen molar-refractivity contribution < 1.29 is 18.0 Å². The summed E-state index contributed by atoms with van der Waals surface area (Å²) in [4.78, 5) is 25.5. The van der Waals surface area contributed by atoms with Crippen molar-refractivity contribution in [3.63, 3.8) is 0 Å². The first-order valence-corrected chi connectivity index (χ1v) is 10.4. The van der Waals surface area contributed by atoms with E-state index < -0.39 is 10.0 Å². The van der Waals surface area contributed by atoms with Crippen molar-refractivity contribution in [1.29, 1.82) is 0 Å². The van der Waals surface area contributed by atoms with Gasteiger partial charge in [-0.15, -0.1) is 0 Å². The molecule has 0 bridgehead atoms. The van der Waals surface area contributed by atoms with Crippen LogP contribution in [0.2, 0.25) is 5.02 Å². The summed E-state index contributed by atoms with van der Waals surface area (Å²) in [6.07, 6.45) is 0. The summed E-state index contributed by atoms with van der Waals surface area (Å²) in [7, 11) is -0.866. The lowest BCUT2D eigenvalue weighted by Crippen LogP contribution is -2.40. The van der Waals surface area contributed by atoms with Crippen LogP contribution >= 0.6 is 11.6 Å². The fourth-order valence-corrected chi connectivity index (χ4v) is 3.86. The van der Waals surface area contributed by atoms with Gasteiger partial charge in [0.2, 0.25) is 15.9 Å². The third-order valence-electron chi connectivity index (χ3n) is 4.65. The van der Waals surface area contributed by atoms with Gasteiger partial charge in [-0.1, -0.05) is 35.9 Å². The van der Waals surface area contributed by atoms with Gasteiger partial charge in [-0.3, -0.25) is 9.59 Å². The summed E-state index contributed by atoms with van der Waals surface area (Å²) < 4.78 is 26.4. The molecule has 28 heavy (non-hydrogen) atoms. The molecule has 0 saturated carbocycles. The number of carbonyl (C=O) groups excluding carboxylic acids is 2. The highest BCUT2D eigenvalue weighted by Gasteiger charge is 2.26. The first-order valence-electron chi connectivity index (χ1n) is 8.62. The van der Waals surface area contributed by atoms with Gasteiger partial charge in [-0.25, -0.2) is 8.42 Å². The highest BCUT2D eigenvalue weighted by atomic mass is 35.5. The molecule has 2 aromatic rings. The second-order valence-corrected chi connectivity index (χ2v) is 9.06. The first-order chi connectivity index (χ1) is 13.0. The Morgan fingerprint density at radius 3 is 2.04 bits per heavy atom. The molecule has 2 aromatic carbocycles. The zero-order valence-corrected chi connectivity index (χ0v) is 17.8. The van der Waals surface area contributed by atoms with Crippen molar-refractivity contribution in [1.82, 2.24) is 9.21 Å². The minimum Gasteiger partial charge on any atom is -0.338 e. The largest absolute Gasteiger partial charge is 0.338 e. The normalized spacial score (nSPS) is 12.6. The molecular weight excluding hydrogens is 400 g/mol. The second-order valence-electron chi connectivity index (χ2n) is 6.57. The predicted octanol–water partition coefficient (Wildman–Crippen LogP) is 3.38. The smallest absolute Gasteiger partial charge is 0.243 e. The van der Waals surface area contributed by atoms with Crippen molar-refractivity contribution in [3.8, 4) is 0 Å². The van der Waals surface area contributed by atoms with E-state index >= 15 is 0 Å². The van der Waals surface area contributed by atoms with Gasteiger partial charge in [0, 0.05) is 24.7 Å². The number of sulfonamides is 1. The molecule has 8 heteroatoms. The summed E-state index contributed by atoms with van der Waals surface area (Å²) in [6, 6.07) is 12.6. The van der Waals surface area contributed by atoms with Gasteiger partial charge in [-0.2, -0.15) is 4.31 Å². The van der Waals surface area contributed by atoms with Gasteiger partial charge in [0.1, 0.15) is 0 Å². The lowest BCUT2D eigenvalue weighted by atomic mass is 10.1. The van der Waals surface area contributed by atoms with E-state index in [2.05, 4.69) is 0 Å². The summed E-state index contributed by atoms with van der Waals surface area (Å²) in [5.41, 5.74) is 1.32. The molecule has 0 spiro atoms. The summed E-state index contributed by atoms with van der Waals surface area (Å²) >= 11 is 5.89. The van der Waals surface area contributed by atoms with Crippen LogP contribution in [0.25, 0.3) is 0 Å². The SMILES string of the molecule is CC(=O)c1ccc(S(=O)(=O)N(C)CC(=O)N(C)C(C)c2ccc(Cl)cc2)cc1. The average molecular weight is 423 g/mol. The monoisotopic (exact) mass is 422 g/mol. The summed E-state index contributed by atoms with van der Waals surface area (Å²) in [6.45, 7) is 2.97. The van der Waals surface area contributed by atoms with Gasteiger partial charge in [0.05, 0.1) is 17.5 Å². The maximum absolute atomic E-state index is 12.7. The van der Waals surface area contributed by atoms with Crippen molar-refractivity contribution in [2.45, 2.75) is 24.8 Å². The Morgan fingerprint density at radius 1 is 1.00 bits per heavy atom. The Labute approximate surface area is 170 Å². The number of halogens is 1. The Bertz CT molecular complexity index is 957. The minimum absolute atomic E-state index is 0.0289. The Kier molecular flexibility index (Phi) is 6.98. The number of ketones is 1. The highest BCUT2D eigenvalue weighted by Crippen LogP contribution is 2.22. The van der Waals surface area contributed by atoms with Crippen LogP contribution < -0.4 is 0 Å². The molecule has 0 N–H and O–H groups in total. The molecule has 0 heterocycles. The fourth-order valence-electron chi connectivity index (χ4n) is 2.61. The molecule has 150 valence electrons. The molecule has 1 amide bonds. The molecule has 0 aliphatic carbocycles. The van der Waals surface area contributed by atoms with Crippen molar-refractivity contribution in [2.24, 2.45) is 0 Å². The van der Waals surface area contributed by atoms with Crippen molar-refractivity contribution in [2.75, 3.05) is 20.6 Å². The number of benzene rings is 2. The second kappa shape index (κ2) is 8.86. The molecule has 0 fully saturated rings. The molecule has 1 unspecified atom stereocenters. The van der Waals surface area contributed by atoms with E-state index in [1.165, 1.54) is 43.1 Å². The fraction of sp³-hybridized carbons (Fsp3) is 0.300. The van der Waals surface area contributed by atoms with Gasteiger partial charge in [0.25, 0.3) is 0 Å². The lowest BCUT2D eigenvalue weighted by molar-refractivity contribution is -0.131. The number of hydrogen-bond acceptors (Lipinski definition) is 4. The van der Waals surface area contributed by atoms with Crippen LogP contribution in [0.5, 0.6) is 0 Å². The number of rotatable bonds is 7. The van der Waals surface area contributed by atoms with E-state index in [4.69, 9.17) is 11.6 Å². The molecular formula is C20H23ClN2O4S. The van der Waals surface area contributed by atoms with Crippen molar-refractivity contribution in [3.05, 3.63) is 64.7 Å². The van der Waals surface area contributed by atoms with Crippen LogP contribution in [0.15, 0.2) is 53.4 Å². The number of likely N-dealkylation sites (N-methyl/N-ethyl adjacent to an activating group) is 2. The molecule has 0 aliphatic heterocycles. The van der Waals surface area contributed by atoms with E-state index in [1.54, 1.807) is 19.2 Å². The zero-order chi connectivity index (χ0) is 21.1. The predicted molar refractivity (Wildman–Crippen MR) is 109 cm³/mol. The Balaban J connectivity index is 2.11. The molecule has 0 aliphatic rings. The number of amides is 1. The van der Waals surface area contributed by atoms with Crippen LogP contribution in [-0.2, 0) is 14.8 Å².